The molecule has 0 spiro atoms. The van der Waals surface area contributed by atoms with Crippen LogP contribution in [0, 0.1) is 0 Å². The van der Waals surface area contributed by atoms with Gasteiger partial charge >= 0.3 is 0 Å². The molecule has 5 heteroatoms. The molecule has 0 aliphatic carbocycles. The summed E-state index contributed by atoms with van der Waals surface area (Å²) in [6.07, 6.45) is 1.95. The quantitative estimate of drug-likeness (QED) is 0.498. The number of rotatable bonds is 9. The van der Waals surface area contributed by atoms with Gasteiger partial charge in [0.05, 0.1) is 5.75 Å². The molecular weight excluding hydrogens is 314 g/mol. The Balaban J connectivity index is 1.91. The molecule has 1 aromatic carbocycles. The number of hydrogen-bond donors (Lipinski definition) is 0. The van der Waals surface area contributed by atoms with Gasteiger partial charge in [-0.3, -0.25) is 4.79 Å². The number of hydrogen-bond acceptors (Lipinski definition) is 4. The third kappa shape index (κ3) is 4.93. The van der Waals surface area contributed by atoms with E-state index in [4.69, 9.17) is 4.74 Å². The maximum Gasteiger partial charge on any atom is 0.233 e. The smallest absolute Gasteiger partial charge is 0.233 e. The fourth-order valence-electron chi connectivity index (χ4n) is 2.45. The van der Waals surface area contributed by atoms with Crippen LogP contribution >= 0.6 is 23.5 Å². The molecule has 0 bridgehead atoms. The maximum absolute atomic E-state index is 12.1. The normalized spacial score (nSPS) is 18.2. The van der Waals surface area contributed by atoms with E-state index in [1.54, 1.807) is 11.8 Å². The molecule has 1 aliphatic rings. The first-order valence-electron chi connectivity index (χ1n) is 7.97. The van der Waals surface area contributed by atoms with Crippen LogP contribution in [0.25, 0.3) is 0 Å². The molecule has 3 nitrogen and oxygen atoms in total. The number of nitrogens with zero attached hydrogens (tertiary/aromatic N) is 1. The van der Waals surface area contributed by atoms with Crippen LogP contribution in [0.3, 0.4) is 0 Å². The minimum Gasteiger partial charge on any atom is -0.381 e. The van der Waals surface area contributed by atoms with Gasteiger partial charge in [0.25, 0.3) is 0 Å². The van der Waals surface area contributed by atoms with Crippen molar-refractivity contribution >= 4 is 29.4 Å². The van der Waals surface area contributed by atoms with Crippen molar-refractivity contribution in [2.45, 2.75) is 37.0 Å². The minimum atomic E-state index is 0.166. The summed E-state index contributed by atoms with van der Waals surface area (Å²) in [5, 5.41) is 0.166. The Morgan fingerprint density at radius 3 is 2.73 bits per heavy atom. The second kappa shape index (κ2) is 9.48. The van der Waals surface area contributed by atoms with Gasteiger partial charge in [0, 0.05) is 24.7 Å². The fourth-order valence-corrected chi connectivity index (χ4v) is 4.33. The van der Waals surface area contributed by atoms with Gasteiger partial charge in [-0.1, -0.05) is 26.0 Å². The van der Waals surface area contributed by atoms with E-state index in [0.717, 1.165) is 38.4 Å². The van der Waals surface area contributed by atoms with Crippen molar-refractivity contribution in [3.05, 3.63) is 29.8 Å². The van der Waals surface area contributed by atoms with Crippen molar-refractivity contribution in [2.75, 3.05) is 31.3 Å². The lowest BCUT2D eigenvalue weighted by molar-refractivity contribution is -0.128. The van der Waals surface area contributed by atoms with E-state index in [2.05, 4.69) is 38.1 Å². The van der Waals surface area contributed by atoms with Crippen LogP contribution in [0.2, 0.25) is 0 Å². The highest BCUT2D eigenvalue weighted by Gasteiger charge is 2.32. The lowest BCUT2D eigenvalue weighted by atomic mass is 10.2. The van der Waals surface area contributed by atoms with E-state index in [1.807, 2.05) is 16.7 Å². The summed E-state index contributed by atoms with van der Waals surface area (Å²) in [5.74, 6) is 1.92. The van der Waals surface area contributed by atoms with E-state index in [9.17, 15) is 4.79 Å². The predicted octanol–water partition coefficient (Wildman–Crippen LogP) is 4.19. The summed E-state index contributed by atoms with van der Waals surface area (Å²) in [6.45, 7) is 6.60. The minimum absolute atomic E-state index is 0.166. The first kappa shape index (κ1) is 17.7. The molecule has 0 N–H and O–H groups in total. The van der Waals surface area contributed by atoms with Gasteiger partial charge in [0.1, 0.15) is 5.37 Å². The molecule has 0 radical (unpaired) electrons. The molecule has 1 heterocycles. The van der Waals surface area contributed by atoms with Crippen molar-refractivity contribution in [1.82, 2.24) is 4.90 Å². The van der Waals surface area contributed by atoms with Gasteiger partial charge in [0.15, 0.2) is 0 Å². The van der Waals surface area contributed by atoms with Crippen LogP contribution < -0.4 is 0 Å². The molecule has 1 unspecified atom stereocenters. The Kier molecular flexibility index (Phi) is 7.63. The van der Waals surface area contributed by atoms with Crippen molar-refractivity contribution in [1.29, 1.82) is 0 Å². The molecule has 2 rings (SSSR count). The van der Waals surface area contributed by atoms with Gasteiger partial charge in [-0.25, -0.2) is 0 Å². The number of amides is 1. The number of carbonyl (C=O) groups is 1. The topological polar surface area (TPSA) is 29.5 Å². The van der Waals surface area contributed by atoms with Gasteiger partial charge in [-0.2, -0.15) is 0 Å². The van der Waals surface area contributed by atoms with E-state index in [1.165, 1.54) is 10.5 Å². The largest absolute Gasteiger partial charge is 0.381 e. The Morgan fingerprint density at radius 2 is 2.05 bits per heavy atom. The lowest BCUT2D eigenvalue weighted by Gasteiger charge is -2.24. The van der Waals surface area contributed by atoms with Crippen LogP contribution in [0.15, 0.2) is 29.2 Å². The SMILES string of the molecule is CCCOCCCN1C(=O)CSC1c1ccc(SCC)cc1. The molecule has 0 saturated carbocycles. The summed E-state index contributed by atoms with van der Waals surface area (Å²) < 4.78 is 5.51. The zero-order valence-corrected chi connectivity index (χ0v) is 15.0. The zero-order valence-electron chi connectivity index (χ0n) is 13.4. The van der Waals surface area contributed by atoms with Crippen LogP contribution in [-0.4, -0.2) is 42.1 Å². The third-order valence-corrected chi connectivity index (χ3v) is 5.63. The summed E-state index contributed by atoms with van der Waals surface area (Å²) in [4.78, 5) is 15.4. The molecule has 1 amide bonds. The summed E-state index contributed by atoms with van der Waals surface area (Å²) in [5.41, 5.74) is 1.23. The van der Waals surface area contributed by atoms with Crippen molar-refractivity contribution in [3.8, 4) is 0 Å². The lowest BCUT2D eigenvalue weighted by Crippen LogP contribution is -2.29. The second-order valence-corrected chi connectivity index (χ2v) is 7.62. The van der Waals surface area contributed by atoms with E-state index in [0.29, 0.717) is 5.75 Å². The Labute approximate surface area is 142 Å². The summed E-state index contributed by atoms with van der Waals surface area (Å²) in [7, 11) is 0. The second-order valence-electron chi connectivity index (χ2n) is 5.22. The number of ether oxygens (including phenoxy) is 1. The fraction of sp³-hybridized carbons (Fsp3) is 0.588. The van der Waals surface area contributed by atoms with Crippen LogP contribution in [0.5, 0.6) is 0 Å². The summed E-state index contributed by atoms with van der Waals surface area (Å²) >= 11 is 3.57. The Bertz CT molecular complexity index is 464. The molecule has 0 aromatic heterocycles. The average Bonchev–Trinajstić information content (AvgIpc) is 2.89. The highest BCUT2D eigenvalue weighted by molar-refractivity contribution is 8.00. The molecule has 22 heavy (non-hydrogen) atoms. The standard InChI is InChI=1S/C17H25NO2S2/c1-3-11-20-12-5-10-18-16(19)13-22-17(18)14-6-8-15(9-7-14)21-4-2/h6-9,17H,3-5,10-13H2,1-2H3. The van der Waals surface area contributed by atoms with E-state index < -0.39 is 0 Å². The van der Waals surface area contributed by atoms with E-state index in [-0.39, 0.29) is 11.3 Å². The molecule has 1 saturated heterocycles. The van der Waals surface area contributed by atoms with Crippen LogP contribution in [0.4, 0.5) is 0 Å². The molecule has 1 atom stereocenters. The average molecular weight is 340 g/mol. The molecule has 1 aromatic rings. The van der Waals surface area contributed by atoms with Crippen molar-refractivity contribution in [3.63, 3.8) is 0 Å². The number of carbonyl (C=O) groups excluding carboxylic acids is 1. The molecule has 1 aliphatic heterocycles. The van der Waals surface area contributed by atoms with Gasteiger partial charge in [-0.15, -0.1) is 23.5 Å². The zero-order chi connectivity index (χ0) is 15.8. The monoisotopic (exact) mass is 339 g/mol. The van der Waals surface area contributed by atoms with Gasteiger partial charge in [0.2, 0.25) is 5.91 Å². The van der Waals surface area contributed by atoms with Crippen LogP contribution in [0.1, 0.15) is 37.6 Å². The first-order chi connectivity index (χ1) is 10.8. The Hall–Kier alpha value is -0.650. The maximum atomic E-state index is 12.1. The molecule has 1 fully saturated rings. The third-order valence-electron chi connectivity index (χ3n) is 3.48. The van der Waals surface area contributed by atoms with E-state index >= 15 is 0 Å². The number of thioether (sulfide) groups is 2. The van der Waals surface area contributed by atoms with Gasteiger partial charge in [-0.05, 0) is 36.3 Å². The van der Waals surface area contributed by atoms with Crippen molar-refractivity contribution in [2.24, 2.45) is 0 Å². The summed E-state index contributed by atoms with van der Waals surface area (Å²) in [6, 6.07) is 8.65. The van der Waals surface area contributed by atoms with Crippen molar-refractivity contribution < 1.29 is 9.53 Å². The highest BCUT2D eigenvalue weighted by atomic mass is 32.2. The van der Waals surface area contributed by atoms with Gasteiger partial charge < -0.3 is 9.64 Å². The first-order valence-corrected chi connectivity index (χ1v) is 10.0. The highest BCUT2D eigenvalue weighted by Crippen LogP contribution is 2.39. The molecule has 122 valence electrons. The molecular formula is C17H25NO2S2. The predicted molar refractivity (Wildman–Crippen MR) is 95.5 cm³/mol. The Morgan fingerprint density at radius 1 is 1.27 bits per heavy atom. The van der Waals surface area contributed by atoms with Crippen LogP contribution in [-0.2, 0) is 9.53 Å². The number of benzene rings is 1.